The molecule has 9 heteroatoms. The average Bonchev–Trinajstić information content (AvgIpc) is 3.28. The molecule has 1 aliphatic carbocycles. The molecule has 2 aliphatic heterocycles. The number of carbonyl (C=O) groups is 2. The van der Waals surface area contributed by atoms with Crippen LogP contribution in [0.5, 0.6) is 0 Å². The Labute approximate surface area is 243 Å². The zero-order valence-corrected chi connectivity index (χ0v) is 26.1. The summed E-state index contributed by atoms with van der Waals surface area (Å²) >= 11 is 0. The minimum absolute atomic E-state index is 0.0681. The highest BCUT2D eigenvalue weighted by Gasteiger charge is 2.47. The van der Waals surface area contributed by atoms with Crippen LogP contribution in [0.3, 0.4) is 0 Å². The summed E-state index contributed by atoms with van der Waals surface area (Å²) in [7, 11) is 0. The number of hydrogen-bond donors (Lipinski definition) is 2. The lowest BCUT2D eigenvalue weighted by Gasteiger charge is -2.49. The Morgan fingerprint density at radius 2 is 1.63 bits per heavy atom. The fraction of sp³-hybridized carbons (Fsp3) is 0.719. The first-order valence-electron chi connectivity index (χ1n) is 15.1. The monoisotopic (exact) mass is 568 g/mol. The summed E-state index contributed by atoms with van der Waals surface area (Å²) < 4.78 is 6.29. The van der Waals surface area contributed by atoms with Gasteiger partial charge in [0.15, 0.2) is 11.3 Å². The first kappa shape index (κ1) is 29.8. The van der Waals surface area contributed by atoms with E-state index in [2.05, 4.69) is 31.7 Å². The molecule has 2 aromatic heterocycles. The number of hydrogen-bond acceptors (Lipinski definition) is 7. The highest BCUT2D eigenvalue weighted by atomic mass is 16.3. The minimum Gasteiger partial charge on any atom is -0.449 e. The Balaban J connectivity index is 1.37. The van der Waals surface area contributed by atoms with E-state index in [1.807, 2.05) is 37.5 Å². The zero-order valence-electron chi connectivity index (χ0n) is 26.1. The van der Waals surface area contributed by atoms with Crippen molar-refractivity contribution in [3.05, 3.63) is 23.5 Å². The number of rotatable bonds is 4. The highest BCUT2D eigenvalue weighted by Crippen LogP contribution is 2.40. The van der Waals surface area contributed by atoms with Crippen LogP contribution in [0, 0.1) is 11.8 Å². The maximum Gasteiger partial charge on any atom is 0.290 e. The van der Waals surface area contributed by atoms with Crippen LogP contribution in [0.25, 0.3) is 11.1 Å². The van der Waals surface area contributed by atoms with E-state index < -0.39 is 16.7 Å². The molecule has 2 amide bonds. The summed E-state index contributed by atoms with van der Waals surface area (Å²) in [6, 6.07) is 3.86. The number of carbonyl (C=O) groups excluding carboxylic acids is 2. The number of aromatic nitrogens is 1. The van der Waals surface area contributed by atoms with Gasteiger partial charge in [-0.25, -0.2) is 4.98 Å². The molecule has 4 heterocycles. The highest BCUT2D eigenvalue weighted by molar-refractivity contribution is 5.97. The van der Waals surface area contributed by atoms with Gasteiger partial charge in [0.05, 0.1) is 16.7 Å². The number of pyridine rings is 1. The van der Waals surface area contributed by atoms with Gasteiger partial charge in [-0.05, 0) is 77.7 Å². The van der Waals surface area contributed by atoms with Crippen LogP contribution < -0.4 is 4.90 Å². The van der Waals surface area contributed by atoms with Crippen molar-refractivity contribution in [1.29, 1.82) is 0 Å². The van der Waals surface area contributed by atoms with Crippen LogP contribution in [-0.4, -0.2) is 86.3 Å². The molecule has 1 saturated carbocycles. The SMILES string of the molecule is CC(C)(C)c1cc(N2CCC(C(C)(C)O)CC2)nc2cc(C(=O)N3CCN(C(=O)[C@H]4C[C@](C)(O)C4)CC3(C)C)oc12. The molecular weight excluding hydrogens is 520 g/mol. The van der Waals surface area contributed by atoms with Crippen molar-refractivity contribution in [2.45, 2.75) is 103 Å². The summed E-state index contributed by atoms with van der Waals surface area (Å²) in [5.74, 6) is 1.12. The average molecular weight is 569 g/mol. The molecule has 226 valence electrons. The number of furan rings is 1. The number of fused-ring (bicyclic) bond motifs is 1. The van der Waals surface area contributed by atoms with Crippen LogP contribution in [0.4, 0.5) is 5.82 Å². The Morgan fingerprint density at radius 3 is 2.17 bits per heavy atom. The number of nitrogens with zero attached hydrogens (tertiary/aromatic N) is 4. The normalized spacial score (nSPS) is 25.9. The summed E-state index contributed by atoms with van der Waals surface area (Å²) in [4.78, 5) is 37.8. The van der Waals surface area contributed by atoms with Crippen molar-refractivity contribution in [3.8, 4) is 0 Å². The molecule has 0 atom stereocenters. The lowest BCUT2D eigenvalue weighted by atomic mass is 9.71. The molecule has 3 aliphatic rings. The molecule has 0 spiro atoms. The maximum absolute atomic E-state index is 13.9. The molecule has 0 bridgehead atoms. The number of amides is 2. The topological polar surface area (TPSA) is 110 Å². The minimum atomic E-state index is -0.749. The Morgan fingerprint density at radius 1 is 1.00 bits per heavy atom. The fourth-order valence-corrected chi connectivity index (χ4v) is 6.93. The number of piperazine rings is 1. The molecule has 2 aromatic rings. The van der Waals surface area contributed by atoms with E-state index in [-0.39, 0.29) is 34.8 Å². The van der Waals surface area contributed by atoms with Gasteiger partial charge in [0.1, 0.15) is 11.3 Å². The summed E-state index contributed by atoms with van der Waals surface area (Å²) in [6.07, 6.45) is 2.78. The smallest absolute Gasteiger partial charge is 0.290 e. The molecular formula is C32H48N4O5. The predicted octanol–water partition coefficient (Wildman–Crippen LogP) is 4.34. The van der Waals surface area contributed by atoms with Crippen molar-refractivity contribution in [2.24, 2.45) is 11.8 Å². The van der Waals surface area contributed by atoms with Crippen molar-refractivity contribution in [1.82, 2.24) is 14.8 Å². The molecule has 9 nitrogen and oxygen atoms in total. The van der Waals surface area contributed by atoms with E-state index in [0.29, 0.717) is 43.6 Å². The first-order chi connectivity index (χ1) is 18.9. The van der Waals surface area contributed by atoms with E-state index in [1.165, 1.54) is 0 Å². The molecule has 41 heavy (non-hydrogen) atoms. The Kier molecular flexibility index (Phi) is 7.25. The maximum atomic E-state index is 13.9. The second kappa shape index (κ2) is 9.97. The van der Waals surface area contributed by atoms with E-state index >= 15 is 0 Å². The quantitative estimate of drug-likeness (QED) is 0.565. The molecule has 2 saturated heterocycles. The lowest BCUT2D eigenvalue weighted by Crippen LogP contribution is -2.63. The molecule has 2 N–H and O–H groups in total. The third-order valence-electron chi connectivity index (χ3n) is 9.48. The van der Waals surface area contributed by atoms with Crippen LogP contribution >= 0.6 is 0 Å². The van der Waals surface area contributed by atoms with Crippen LogP contribution in [-0.2, 0) is 10.2 Å². The van der Waals surface area contributed by atoms with Crippen LogP contribution in [0.2, 0.25) is 0 Å². The van der Waals surface area contributed by atoms with Gasteiger partial charge in [-0.3, -0.25) is 9.59 Å². The van der Waals surface area contributed by atoms with Gasteiger partial charge < -0.3 is 29.3 Å². The number of piperidine rings is 1. The van der Waals surface area contributed by atoms with Gasteiger partial charge in [-0.15, -0.1) is 0 Å². The van der Waals surface area contributed by atoms with E-state index in [0.717, 1.165) is 37.3 Å². The van der Waals surface area contributed by atoms with Crippen molar-refractivity contribution >= 4 is 28.7 Å². The largest absolute Gasteiger partial charge is 0.449 e. The van der Waals surface area contributed by atoms with Crippen LogP contribution in [0.15, 0.2) is 16.5 Å². The number of aliphatic hydroxyl groups is 2. The fourth-order valence-electron chi connectivity index (χ4n) is 6.93. The summed E-state index contributed by atoms with van der Waals surface area (Å²) in [6.45, 7) is 18.9. The second-order valence-corrected chi connectivity index (χ2v) is 15.1. The van der Waals surface area contributed by atoms with E-state index in [1.54, 1.807) is 13.0 Å². The predicted molar refractivity (Wildman–Crippen MR) is 159 cm³/mol. The Bertz CT molecular complexity index is 1320. The third kappa shape index (κ3) is 5.85. The van der Waals surface area contributed by atoms with Gasteiger partial charge in [0.2, 0.25) is 5.91 Å². The van der Waals surface area contributed by atoms with Gasteiger partial charge >= 0.3 is 0 Å². The molecule has 0 unspecified atom stereocenters. The first-order valence-corrected chi connectivity index (χ1v) is 15.1. The van der Waals surface area contributed by atoms with Gasteiger partial charge in [-0.1, -0.05) is 20.8 Å². The molecule has 0 radical (unpaired) electrons. The van der Waals surface area contributed by atoms with Gasteiger partial charge in [-0.2, -0.15) is 0 Å². The number of anilines is 1. The van der Waals surface area contributed by atoms with Crippen LogP contribution in [0.1, 0.15) is 97.2 Å². The zero-order chi connectivity index (χ0) is 30.1. The lowest BCUT2D eigenvalue weighted by molar-refractivity contribution is -0.153. The second-order valence-electron chi connectivity index (χ2n) is 15.1. The third-order valence-corrected chi connectivity index (χ3v) is 9.48. The summed E-state index contributed by atoms with van der Waals surface area (Å²) in [5.41, 5.74) is 0.0750. The Hall–Kier alpha value is -2.65. The van der Waals surface area contributed by atoms with Crippen molar-refractivity contribution < 1.29 is 24.2 Å². The molecule has 5 rings (SSSR count). The van der Waals surface area contributed by atoms with Gasteiger partial charge in [0, 0.05) is 50.3 Å². The standard InChI is InChI=1S/C32H48N4O5/c1-29(2,3)22-15-25(34-11-9-21(10-12-34)31(6,7)39)33-23-16-24(41-26(22)23)28(38)36-14-13-35(19-30(36,4)5)27(37)20-17-32(8,40)18-20/h15-16,20-21,39-40H,9-14,17-19H2,1-8H3/t20-,32-. The summed E-state index contributed by atoms with van der Waals surface area (Å²) in [5, 5.41) is 20.6. The van der Waals surface area contributed by atoms with E-state index in [9.17, 15) is 19.8 Å². The van der Waals surface area contributed by atoms with Crippen molar-refractivity contribution in [2.75, 3.05) is 37.6 Å². The molecule has 0 aromatic carbocycles. The van der Waals surface area contributed by atoms with Crippen molar-refractivity contribution in [3.63, 3.8) is 0 Å². The molecule has 3 fully saturated rings. The van der Waals surface area contributed by atoms with Gasteiger partial charge in [0.25, 0.3) is 5.91 Å². The van der Waals surface area contributed by atoms with E-state index in [4.69, 9.17) is 9.40 Å².